The van der Waals surface area contributed by atoms with Crippen molar-refractivity contribution in [3.8, 4) is 0 Å². The molecular formula is C16H30N2O. The summed E-state index contributed by atoms with van der Waals surface area (Å²) in [5.41, 5.74) is 0. The highest BCUT2D eigenvalue weighted by atomic mass is 16.5. The summed E-state index contributed by atoms with van der Waals surface area (Å²) in [4.78, 5) is 5.36. The standard InChI is InChI=1S/C16H30N2O/c1-14-12-18-9-5-6-15(18)13-17(14)10-11-19-16-7-3-2-4-8-16/h14-16H,2-13H2,1H3. The number of fused-ring (bicyclic) bond motifs is 1. The van der Waals surface area contributed by atoms with Crippen molar-refractivity contribution in [2.75, 3.05) is 32.8 Å². The third-order valence-electron chi connectivity index (χ3n) is 5.35. The van der Waals surface area contributed by atoms with E-state index in [0.717, 1.165) is 19.2 Å². The largest absolute Gasteiger partial charge is 0.377 e. The zero-order chi connectivity index (χ0) is 13.1. The first-order chi connectivity index (χ1) is 9.33. The minimum Gasteiger partial charge on any atom is -0.377 e. The molecule has 2 saturated heterocycles. The van der Waals surface area contributed by atoms with E-state index in [9.17, 15) is 0 Å². The summed E-state index contributed by atoms with van der Waals surface area (Å²) in [5.74, 6) is 0. The monoisotopic (exact) mass is 266 g/mol. The molecule has 0 aromatic carbocycles. The Hall–Kier alpha value is -0.120. The SMILES string of the molecule is CC1CN2CCCC2CN1CCOC1CCCCC1. The molecule has 2 aliphatic heterocycles. The molecule has 0 bridgehead atoms. The quantitative estimate of drug-likeness (QED) is 0.777. The van der Waals surface area contributed by atoms with Gasteiger partial charge in [-0.15, -0.1) is 0 Å². The molecule has 3 aliphatic rings. The minimum atomic E-state index is 0.567. The van der Waals surface area contributed by atoms with E-state index in [-0.39, 0.29) is 0 Å². The van der Waals surface area contributed by atoms with Crippen LogP contribution in [0.1, 0.15) is 51.9 Å². The molecule has 3 heteroatoms. The van der Waals surface area contributed by atoms with Crippen LogP contribution >= 0.6 is 0 Å². The van der Waals surface area contributed by atoms with Gasteiger partial charge in [0.05, 0.1) is 12.7 Å². The lowest BCUT2D eigenvalue weighted by atomic mass is 9.98. The van der Waals surface area contributed by atoms with Gasteiger partial charge in [0.25, 0.3) is 0 Å². The van der Waals surface area contributed by atoms with Crippen molar-refractivity contribution in [3.63, 3.8) is 0 Å². The maximum atomic E-state index is 6.09. The summed E-state index contributed by atoms with van der Waals surface area (Å²) in [6.45, 7) is 8.35. The van der Waals surface area contributed by atoms with E-state index in [1.165, 1.54) is 64.6 Å². The van der Waals surface area contributed by atoms with Gasteiger partial charge in [-0.05, 0) is 39.2 Å². The molecule has 0 aromatic heterocycles. The van der Waals surface area contributed by atoms with Gasteiger partial charge < -0.3 is 4.74 Å². The Morgan fingerprint density at radius 2 is 1.84 bits per heavy atom. The minimum absolute atomic E-state index is 0.567. The van der Waals surface area contributed by atoms with Crippen LogP contribution in [0.15, 0.2) is 0 Å². The lowest BCUT2D eigenvalue weighted by Gasteiger charge is -2.42. The molecule has 2 atom stereocenters. The summed E-state index contributed by atoms with van der Waals surface area (Å²) in [6.07, 6.45) is 10.1. The second kappa shape index (κ2) is 6.55. The molecule has 3 fully saturated rings. The van der Waals surface area contributed by atoms with Crippen LogP contribution in [-0.4, -0.2) is 60.8 Å². The van der Waals surface area contributed by atoms with Crippen LogP contribution in [0.2, 0.25) is 0 Å². The van der Waals surface area contributed by atoms with Gasteiger partial charge in [-0.3, -0.25) is 9.80 Å². The fraction of sp³-hybridized carbons (Fsp3) is 1.00. The van der Waals surface area contributed by atoms with E-state index in [1.807, 2.05) is 0 Å². The smallest absolute Gasteiger partial charge is 0.0597 e. The summed E-state index contributed by atoms with van der Waals surface area (Å²) in [5, 5.41) is 0. The van der Waals surface area contributed by atoms with Crippen LogP contribution in [0.25, 0.3) is 0 Å². The van der Waals surface area contributed by atoms with Gasteiger partial charge >= 0.3 is 0 Å². The van der Waals surface area contributed by atoms with Gasteiger partial charge in [-0.1, -0.05) is 19.3 Å². The molecule has 3 nitrogen and oxygen atoms in total. The number of piperazine rings is 1. The summed E-state index contributed by atoms with van der Waals surface area (Å²) >= 11 is 0. The lowest BCUT2D eigenvalue weighted by Crippen LogP contribution is -2.55. The van der Waals surface area contributed by atoms with E-state index in [0.29, 0.717) is 12.1 Å². The Kier molecular flexibility index (Phi) is 4.78. The van der Waals surface area contributed by atoms with Crippen LogP contribution in [0, 0.1) is 0 Å². The number of ether oxygens (including phenoxy) is 1. The van der Waals surface area contributed by atoms with Crippen molar-refractivity contribution in [1.82, 2.24) is 9.80 Å². The summed E-state index contributed by atoms with van der Waals surface area (Å²) < 4.78 is 6.09. The topological polar surface area (TPSA) is 15.7 Å². The molecule has 1 saturated carbocycles. The van der Waals surface area contributed by atoms with Crippen molar-refractivity contribution in [1.29, 1.82) is 0 Å². The van der Waals surface area contributed by atoms with Crippen molar-refractivity contribution in [2.45, 2.75) is 70.1 Å². The molecule has 3 rings (SSSR count). The van der Waals surface area contributed by atoms with Gasteiger partial charge in [0.1, 0.15) is 0 Å². The predicted octanol–water partition coefficient (Wildman–Crippen LogP) is 2.50. The van der Waals surface area contributed by atoms with Gasteiger partial charge in [0, 0.05) is 31.7 Å². The zero-order valence-corrected chi connectivity index (χ0v) is 12.5. The van der Waals surface area contributed by atoms with E-state index < -0.39 is 0 Å². The Bertz CT molecular complexity index is 278. The first-order valence-electron chi connectivity index (χ1n) is 8.42. The van der Waals surface area contributed by atoms with Crippen LogP contribution in [0.4, 0.5) is 0 Å². The van der Waals surface area contributed by atoms with Crippen LogP contribution < -0.4 is 0 Å². The molecule has 1 aliphatic carbocycles. The Morgan fingerprint density at radius 1 is 1.00 bits per heavy atom. The average molecular weight is 266 g/mol. The maximum Gasteiger partial charge on any atom is 0.0597 e. The molecule has 0 aromatic rings. The molecule has 0 N–H and O–H groups in total. The Morgan fingerprint density at radius 3 is 2.68 bits per heavy atom. The van der Waals surface area contributed by atoms with Crippen LogP contribution in [-0.2, 0) is 4.74 Å². The number of nitrogens with zero attached hydrogens (tertiary/aromatic N) is 2. The van der Waals surface area contributed by atoms with Crippen molar-refractivity contribution in [2.24, 2.45) is 0 Å². The highest BCUT2D eigenvalue weighted by Crippen LogP contribution is 2.24. The van der Waals surface area contributed by atoms with Gasteiger partial charge in [-0.2, -0.15) is 0 Å². The molecule has 2 unspecified atom stereocenters. The molecule has 110 valence electrons. The summed E-state index contributed by atoms with van der Waals surface area (Å²) in [7, 11) is 0. The zero-order valence-electron chi connectivity index (χ0n) is 12.5. The number of hydrogen-bond acceptors (Lipinski definition) is 3. The molecule has 0 amide bonds. The predicted molar refractivity (Wildman–Crippen MR) is 78.5 cm³/mol. The van der Waals surface area contributed by atoms with Crippen molar-refractivity contribution in [3.05, 3.63) is 0 Å². The van der Waals surface area contributed by atoms with Gasteiger partial charge in [-0.25, -0.2) is 0 Å². The van der Waals surface area contributed by atoms with Gasteiger partial charge in [0.2, 0.25) is 0 Å². The van der Waals surface area contributed by atoms with E-state index in [4.69, 9.17) is 4.74 Å². The Balaban J connectivity index is 1.39. The fourth-order valence-corrected chi connectivity index (χ4v) is 4.13. The Labute approximate surface area is 118 Å². The second-order valence-corrected chi connectivity index (χ2v) is 6.77. The molecular weight excluding hydrogens is 236 g/mol. The first-order valence-corrected chi connectivity index (χ1v) is 8.42. The molecule has 0 radical (unpaired) electrons. The average Bonchev–Trinajstić information content (AvgIpc) is 2.87. The van der Waals surface area contributed by atoms with Crippen molar-refractivity contribution >= 4 is 0 Å². The first kappa shape index (κ1) is 13.8. The van der Waals surface area contributed by atoms with E-state index in [2.05, 4.69) is 16.7 Å². The van der Waals surface area contributed by atoms with E-state index in [1.54, 1.807) is 0 Å². The molecule has 0 spiro atoms. The van der Waals surface area contributed by atoms with Gasteiger partial charge in [0.15, 0.2) is 0 Å². The number of hydrogen-bond donors (Lipinski definition) is 0. The van der Waals surface area contributed by atoms with E-state index >= 15 is 0 Å². The number of rotatable bonds is 4. The normalized spacial score (nSPS) is 34.6. The highest BCUT2D eigenvalue weighted by Gasteiger charge is 2.34. The summed E-state index contributed by atoms with van der Waals surface area (Å²) in [6, 6.07) is 1.55. The molecule has 2 heterocycles. The third-order valence-corrected chi connectivity index (χ3v) is 5.35. The van der Waals surface area contributed by atoms with Crippen LogP contribution in [0.3, 0.4) is 0 Å². The highest BCUT2D eigenvalue weighted by molar-refractivity contribution is 4.90. The van der Waals surface area contributed by atoms with Crippen LogP contribution in [0.5, 0.6) is 0 Å². The lowest BCUT2D eigenvalue weighted by molar-refractivity contribution is -0.00756. The maximum absolute atomic E-state index is 6.09. The second-order valence-electron chi connectivity index (χ2n) is 6.77. The van der Waals surface area contributed by atoms with Crippen molar-refractivity contribution < 1.29 is 4.74 Å². The molecule has 19 heavy (non-hydrogen) atoms. The third kappa shape index (κ3) is 3.50. The fourth-order valence-electron chi connectivity index (χ4n) is 4.13.